The van der Waals surface area contributed by atoms with E-state index in [4.69, 9.17) is 5.26 Å². The minimum absolute atomic E-state index is 0.108. The summed E-state index contributed by atoms with van der Waals surface area (Å²) in [5.41, 5.74) is 6.08. The molecule has 0 bridgehead atoms. The Morgan fingerprint density at radius 1 is 1.23 bits per heavy atom. The molecule has 0 spiro atoms. The Balaban J connectivity index is 1.94. The molecule has 1 aliphatic heterocycles. The highest BCUT2D eigenvalue weighted by molar-refractivity contribution is 5.98. The van der Waals surface area contributed by atoms with Crippen LogP contribution in [0.2, 0.25) is 0 Å². The van der Waals surface area contributed by atoms with E-state index in [0.29, 0.717) is 18.7 Å². The predicted octanol–water partition coefficient (Wildman–Crippen LogP) is 3.39. The van der Waals surface area contributed by atoms with Crippen LogP contribution in [-0.4, -0.2) is 30.9 Å². The molecule has 134 valence electrons. The lowest BCUT2D eigenvalue weighted by Gasteiger charge is -2.35. The first-order valence-electron chi connectivity index (χ1n) is 9.13. The van der Waals surface area contributed by atoms with E-state index in [-0.39, 0.29) is 11.8 Å². The van der Waals surface area contributed by atoms with Gasteiger partial charge in [-0.25, -0.2) is 0 Å². The summed E-state index contributed by atoms with van der Waals surface area (Å²) in [6, 6.07) is 14.0. The van der Waals surface area contributed by atoms with E-state index in [0.717, 1.165) is 29.7 Å². The van der Waals surface area contributed by atoms with Crippen molar-refractivity contribution in [2.45, 2.75) is 32.7 Å². The summed E-state index contributed by atoms with van der Waals surface area (Å²) in [7, 11) is 1.96. The zero-order chi connectivity index (χ0) is 18.7. The lowest BCUT2D eigenvalue weighted by molar-refractivity contribution is 0.0706. The monoisotopic (exact) mass is 347 g/mol. The molecule has 4 nitrogen and oxygen atoms in total. The van der Waals surface area contributed by atoms with Gasteiger partial charge < -0.3 is 10.2 Å². The molecule has 0 aliphatic carbocycles. The fourth-order valence-corrected chi connectivity index (χ4v) is 3.78. The third kappa shape index (κ3) is 3.49. The molecule has 0 aromatic heterocycles. The van der Waals surface area contributed by atoms with Gasteiger partial charge in [0.05, 0.1) is 11.6 Å². The Morgan fingerprint density at radius 2 is 1.96 bits per heavy atom. The summed E-state index contributed by atoms with van der Waals surface area (Å²) >= 11 is 0. The average Bonchev–Trinajstić information content (AvgIpc) is 2.65. The molecule has 1 atom stereocenters. The van der Waals surface area contributed by atoms with Crippen LogP contribution in [0, 0.1) is 18.3 Å². The van der Waals surface area contributed by atoms with Crippen molar-refractivity contribution in [3.05, 3.63) is 69.8 Å². The topological polar surface area (TPSA) is 56.1 Å². The number of rotatable bonds is 5. The van der Waals surface area contributed by atoms with Crippen LogP contribution in [0.3, 0.4) is 0 Å². The third-order valence-electron chi connectivity index (χ3n) is 5.12. The first-order valence-corrected chi connectivity index (χ1v) is 9.13. The zero-order valence-electron chi connectivity index (χ0n) is 15.7. The van der Waals surface area contributed by atoms with E-state index in [1.807, 2.05) is 43.1 Å². The van der Waals surface area contributed by atoms with E-state index in [1.54, 1.807) is 0 Å². The van der Waals surface area contributed by atoms with Crippen LogP contribution < -0.4 is 5.32 Å². The van der Waals surface area contributed by atoms with E-state index >= 15 is 0 Å². The van der Waals surface area contributed by atoms with Gasteiger partial charge in [-0.05, 0) is 54.8 Å². The molecule has 1 aliphatic rings. The quantitative estimate of drug-likeness (QED) is 0.902. The van der Waals surface area contributed by atoms with Crippen molar-refractivity contribution in [1.29, 1.82) is 5.26 Å². The van der Waals surface area contributed by atoms with Crippen molar-refractivity contribution >= 4 is 5.91 Å². The normalized spacial score (nSPS) is 16.3. The fraction of sp³-hybridized carbons (Fsp3) is 0.364. The van der Waals surface area contributed by atoms with Gasteiger partial charge in [0.1, 0.15) is 0 Å². The van der Waals surface area contributed by atoms with Crippen LogP contribution in [0.4, 0.5) is 0 Å². The molecule has 1 heterocycles. The van der Waals surface area contributed by atoms with E-state index in [1.165, 1.54) is 11.1 Å². The smallest absolute Gasteiger partial charge is 0.254 e. The maximum Gasteiger partial charge on any atom is 0.254 e. The van der Waals surface area contributed by atoms with Gasteiger partial charge >= 0.3 is 0 Å². The minimum atomic E-state index is 0.108. The van der Waals surface area contributed by atoms with Gasteiger partial charge in [-0.3, -0.25) is 4.79 Å². The molecular weight excluding hydrogens is 322 g/mol. The third-order valence-corrected chi connectivity index (χ3v) is 5.12. The number of hydrogen-bond acceptors (Lipinski definition) is 3. The Kier molecular flexibility index (Phi) is 5.39. The first-order chi connectivity index (χ1) is 12.6. The average molecular weight is 347 g/mol. The summed E-state index contributed by atoms with van der Waals surface area (Å²) in [5, 5.41) is 12.2. The van der Waals surface area contributed by atoms with Crippen molar-refractivity contribution < 1.29 is 4.79 Å². The lowest BCUT2D eigenvalue weighted by Crippen LogP contribution is -2.42. The number of benzene rings is 2. The maximum atomic E-state index is 13.2. The van der Waals surface area contributed by atoms with Gasteiger partial charge in [-0.1, -0.05) is 31.2 Å². The summed E-state index contributed by atoms with van der Waals surface area (Å²) in [6.45, 7) is 6.31. The van der Waals surface area contributed by atoms with Gasteiger partial charge in [0.2, 0.25) is 0 Å². The molecule has 26 heavy (non-hydrogen) atoms. The van der Waals surface area contributed by atoms with Crippen molar-refractivity contribution in [1.82, 2.24) is 10.2 Å². The second kappa shape index (κ2) is 7.72. The van der Waals surface area contributed by atoms with Crippen LogP contribution in [-0.2, 0) is 13.0 Å². The maximum absolute atomic E-state index is 13.2. The molecule has 0 saturated heterocycles. The predicted molar refractivity (Wildman–Crippen MR) is 103 cm³/mol. The number of carbonyl (C=O) groups excluding carboxylic acids is 1. The summed E-state index contributed by atoms with van der Waals surface area (Å²) in [4.78, 5) is 15.1. The zero-order valence-corrected chi connectivity index (χ0v) is 15.7. The highest BCUT2D eigenvalue weighted by atomic mass is 16.2. The van der Waals surface area contributed by atoms with Crippen LogP contribution >= 0.6 is 0 Å². The molecule has 2 aromatic carbocycles. The van der Waals surface area contributed by atoms with Gasteiger partial charge in [0, 0.05) is 31.1 Å². The number of hydrogen-bond donors (Lipinski definition) is 1. The molecule has 2 aromatic rings. The van der Waals surface area contributed by atoms with Gasteiger partial charge in [0.15, 0.2) is 0 Å². The number of likely N-dealkylation sites (N-methyl/N-ethyl adjacent to an activating group) is 1. The van der Waals surface area contributed by atoms with Crippen LogP contribution in [0.25, 0.3) is 0 Å². The molecule has 3 rings (SSSR count). The van der Waals surface area contributed by atoms with Gasteiger partial charge in [-0.15, -0.1) is 0 Å². The van der Waals surface area contributed by atoms with Gasteiger partial charge in [0.25, 0.3) is 5.91 Å². The van der Waals surface area contributed by atoms with E-state index in [2.05, 4.69) is 30.4 Å². The van der Waals surface area contributed by atoms with Crippen LogP contribution in [0.5, 0.6) is 0 Å². The van der Waals surface area contributed by atoms with Crippen LogP contribution in [0.15, 0.2) is 36.4 Å². The number of carbonyl (C=O) groups is 1. The number of nitrogens with zero attached hydrogens (tertiary/aromatic N) is 2. The fourth-order valence-electron chi connectivity index (χ4n) is 3.78. The molecule has 1 amide bonds. The summed E-state index contributed by atoms with van der Waals surface area (Å²) in [6.07, 6.45) is 0.976. The molecule has 1 N–H and O–H groups in total. The Hall–Kier alpha value is -2.64. The lowest BCUT2D eigenvalue weighted by atomic mass is 9.84. The van der Waals surface area contributed by atoms with Crippen molar-refractivity contribution in [3.8, 4) is 6.07 Å². The molecule has 4 heteroatoms. The number of fused-ring (bicyclic) bond motifs is 1. The second-order valence-corrected chi connectivity index (χ2v) is 6.98. The van der Waals surface area contributed by atoms with Crippen molar-refractivity contribution in [2.75, 3.05) is 20.1 Å². The standard InChI is InChI=1S/C22H25N3O/c1-4-16-9-15(2)21-20(10-16)19(12-24-3)14-25(22(21)26)13-18-7-5-17(11-23)6-8-18/h5-10,19,24H,4,12-14H2,1-3H3. The number of nitriles is 1. The summed E-state index contributed by atoms with van der Waals surface area (Å²) < 4.78 is 0. The first kappa shape index (κ1) is 18.2. The van der Waals surface area contributed by atoms with Gasteiger partial charge in [-0.2, -0.15) is 5.26 Å². The van der Waals surface area contributed by atoms with E-state index in [9.17, 15) is 4.79 Å². The molecular formula is C22H25N3O. The van der Waals surface area contributed by atoms with Crippen molar-refractivity contribution in [2.24, 2.45) is 0 Å². The summed E-state index contributed by atoms with van der Waals surface area (Å²) in [5.74, 6) is 0.396. The Labute approximate surface area is 155 Å². The Morgan fingerprint density at radius 3 is 2.58 bits per heavy atom. The number of amides is 1. The van der Waals surface area contributed by atoms with Crippen molar-refractivity contribution in [3.63, 3.8) is 0 Å². The largest absolute Gasteiger partial charge is 0.334 e. The molecule has 0 fully saturated rings. The van der Waals surface area contributed by atoms with E-state index < -0.39 is 0 Å². The number of nitrogens with one attached hydrogen (secondary N) is 1. The van der Waals surface area contributed by atoms with Crippen LogP contribution in [0.1, 0.15) is 51.0 Å². The highest BCUT2D eigenvalue weighted by Crippen LogP contribution is 2.32. The molecule has 1 unspecified atom stereocenters. The second-order valence-electron chi connectivity index (χ2n) is 6.98. The highest BCUT2D eigenvalue weighted by Gasteiger charge is 2.32. The SMILES string of the molecule is CCc1cc(C)c2c(c1)C(CNC)CN(Cc1ccc(C#N)cc1)C2=O. The number of aryl methyl sites for hydroxylation is 2. The minimum Gasteiger partial charge on any atom is -0.334 e. The molecule has 0 radical (unpaired) electrons. The molecule has 0 saturated carbocycles. The Bertz CT molecular complexity index is 849.